The molecular weight excluding hydrogens is 398 g/mol. The van der Waals surface area contributed by atoms with Gasteiger partial charge in [0.25, 0.3) is 5.91 Å². The lowest BCUT2D eigenvalue weighted by atomic mass is 10.2. The molecule has 0 saturated heterocycles. The topological polar surface area (TPSA) is 135 Å². The Balaban J connectivity index is 1.90. The van der Waals surface area contributed by atoms with Crippen molar-refractivity contribution in [2.45, 2.75) is 17.9 Å². The number of hydrogen-bond acceptors (Lipinski definition) is 7. The number of amides is 1. The SMILES string of the molecule is COc1ccc(NC(=O)[C@H](C)OC(=O)CNS(=O)(=O)c2ccccc2C#N)cc1. The van der Waals surface area contributed by atoms with E-state index >= 15 is 0 Å². The van der Waals surface area contributed by atoms with Crippen molar-refractivity contribution in [1.29, 1.82) is 5.26 Å². The Kier molecular flexibility index (Phi) is 7.30. The van der Waals surface area contributed by atoms with Crippen LogP contribution in [-0.2, 0) is 24.3 Å². The Labute approximate surface area is 168 Å². The van der Waals surface area contributed by atoms with Crippen LogP contribution in [0.3, 0.4) is 0 Å². The van der Waals surface area contributed by atoms with Gasteiger partial charge in [-0.15, -0.1) is 0 Å². The van der Waals surface area contributed by atoms with Crippen molar-refractivity contribution < 1.29 is 27.5 Å². The summed E-state index contributed by atoms with van der Waals surface area (Å²) in [4.78, 5) is 23.8. The second kappa shape index (κ2) is 9.68. The van der Waals surface area contributed by atoms with Crippen molar-refractivity contribution in [2.75, 3.05) is 19.0 Å². The molecule has 29 heavy (non-hydrogen) atoms. The summed E-state index contributed by atoms with van der Waals surface area (Å²) in [6.45, 7) is 0.665. The number of nitrogens with zero attached hydrogens (tertiary/aromatic N) is 1. The maximum absolute atomic E-state index is 12.3. The number of ether oxygens (including phenoxy) is 2. The molecule has 0 aliphatic carbocycles. The first-order valence-electron chi connectivity index (χ1n) is 8.40. The van der Waals surface area contributed by atoms with E-state index in [9.17, 15) is 18.0 Å². The number of carbonyl (C=O) groups is 2. The number of anilines is 1. The highest BCUT2D eigenvalue weighted by Crippen LogP contribution is 2.16. The maximum atomic E-state index is 12.3. The van der Waals surface area contributed by atoms with E-state index in [0.717, 1.165) is 0 Å². The van der Waals surface area contributed by atoms with Crippen LogP contribution in [0.4, 0.5) is 5.69 Å². The maximum Gasteiger partial charge on any atom is 0.321 e. The molecule has 1 amide bonds. The van der Waals surface area contributed by atoms with Gasteiger partial charge in [0.1, 0.15) is 18.4 Å². The summed E-state index contributed by atoms with van der Waals surface area (Å²) in [5.41, 5.74) is 0.424. The zero-order valence-corrected chi connectivity index (χ0v) is 16.5. The van der Waals surface area contributed by atoms with Gasteiger partial charge in [-0.05, 0) is 43.3 Å². The number of hydrogen-bond donors (Lipinski definition) is 2. The van der Waals surface area contributed by atoms with Crippen LogP contribution in [0.5, 0.6) is 5.75 Å². The molecule has 2 N–H and O–H groups in total. The van der Waals surface area contributed by atoms with Crippen molar-refractivity contribution in [1.82, 2.24) is 4.72 Å². The van der Waals surface area contributed by atoms with Crippen LogP contribution >= 0.6 is 0 Å². The van der Waals surface area contributed by atoms with Gasteiger partial charge < -0.3 is 14.8 Å². The van der Waals surface area contributed by atoms with E-state index in [1.54, 1.807) is 30.3 Å². The van der Waals surface area contributed by atoms with Crippen LogP contribution in [0.1, 0.15) is 12.5 Å². The highest BCUT2D eigenvalue weighted by Gasteiger charge is 2.22. The Morgan fingerprint density at radius 1 is 1.14 bits per heavy atom. The summed E-state index contributed by atoms with van der Waals surface area (Å²) in [5, 5.41) is 11.6. The molecule has 0 aliphatic heterocycles. The average Bonchev–Trinajstić information content (AvgIpc) is 2.72. The molecular formula is C19H19N3O6S. The first-order chi connectivity index (χ1) is 13.8. The van der Waals surface area contributed by atoms with E-state index in [1.165, 1.54) is 38.3 Å². The standard InChI is InChI=1S/C19H19N3O6S/c1-13(19(24)22-15-7-9-16(27-2)10-8-15)28-18(23)12-21-29(25,26)17-6-4-3-5-14(17)11-20/h3-10,13,21H,12H2,1-2H3,(H,22,24)/t13-/m0/s1. The predicted octanol–water partition coefficient (Wildman–Crippen LogP) is 1.42. The first-order valence-corrected chi connectivity index (χ1v) is 9.88. The second-order valence-electron chi connectivity index (χ2n) is 5.78. The normalized spacial score (nSPS) is 11.8. The summed E-state index contributed by atoms with van der Waals surface area (Å²) >= 11 is 0. The molecule has 9 nitrogen and oxygen atoms in total. The summed E-state index contributed by atoms with van der Waals surface area (Å²) in [6.07, 6.45) is -1.15. The van der Waals surface area contributed by atoms with E-state index in [1.807, 2.05) is 0 Å². The molecule has 10 heteroatoms. The van der Waals surface area contributed by atoms with Gasteiger partial charge in [0.15, 0.2) is 6.10 Å². The molecule has 0 radical (unpaired) electrons. The lowest BCUT2D eigenvalue weighted by Crippen LogP contribution is -2.36. The number of nitriles is 1. The summed E-state index contributed by atoms with van der Waals surface area (Å²) < 4.78 is 36.6. The largest absolute Gasteiger partial charge is 0.497 e. The molecule has 1 atom stereocenters. The van der Waals surface area contributed by atoms with Gasteiger partial charge in [-0.1, -0.05) is 12.1 Å². The van der Waals surface area contributed by atoms with E-state index in [4.69, 9.17) is 14.7 Å². The lowest BCUT2D eigenvalue weighted by Gasteiger charge is -2.14. The zero-order chi connectivity index (χ0) is 21.4. The molecule has 0 aromatic heterocycles. The van der Waals surface area contributed by atoms with Gasteiger partial charge >= 0.3 is 5.97 Å². The molecule has 2 aromatic rings. The molecule has 0 spiro atoms. The predicted molar refractivity (Wildman–Crippen MR) is 104 cm³/mol. The molecule has 152 valence electrons. The fourth-order valence-corrected chi connectivity index (χ4v) is 3.36. The molecule has 0 unspecified atom stereocenters. The Bertz CT molecular complexity index is 1030. The third kappa shape index (κ3) is 6.03. The van der Waals surface area contributed by atoms with Crippen molar-refractivity contribution in [3.05, 3.63) is 54.1 Å². The number of benzene rings is 2. The van der Waals surface area contributed by atoms with Crippen molar-refractivity contribution in [3.63, 3.8) is 0 Å². The monoisotopic (exact) mass is 417 g/mol. The van der Waals surface area contributed by atoms with Gasteiger partial charge in [-0.2, -0.15) is 9.98 Å². The molecule has 0 heterocycles. The van der Waals surface area contributed by atoms with Crippen LogP contribution in [0.25, 0.3) is 0 Å². The number of rotatable bonds is 8. The number of nitrogens with one attached hydrogen (secondary N) is 2. The molecule has 0 saturated carbocycles. The zero-order valence-electron chi connectivity index (χ0n) is 15.7. The van der Waals surface area contributed by atoms with Crippen molar-refractivity contribution in [2.24, 2.45) is 0 Å². The molecule has 0 bridgehead atoms. The Hall–Kier alpha value is -3.42. The van der Waals surface area contributed by atoms with Crippen LogP contribution in [0.15, 0.2) is 53.4 Å². The average molecular weight is 417 g/mol. The smallest absolute Gasteiger partial charge is 0.321 e. The third-order valence-corrected chi connectivity index (χ3v) is 5.20. The van der Waals surface area contributed by atoms with Gasteiger partial charge in [0, 0.05) is 5.69 Å². The van der Waals surface area contributed by atoms with Crippen LogP contribution in [-0.4, -0.2) is 40.1 Å². The quantitative estimate of drug-likeness (QED) is 0.620. The van der Waals surface area contributed by atoms with Crippen LogP contribution in [0, 0.1) is 11.3 Å². The van der Waals surface area contributed by atoms with E-state index in [2.05, 4.69) is 10.0 Å². The lowest BCUT2D eigenvalue weighted by molar-refractivity contribution is -0.151. The summed E-state index contributed by atoms with van der Waals surface area (Å²) in [6, 6.07) is 13.9. The van der Waals surface area contributed by atoms with E-state index in [-0.39, 0.29) is 10.5 Å². The minimum absolute atomic E-state index is 0.0550. The van der Waals surface area contributed by atoms with Crippen molar-refractivity contribution in [3.8, 4) is 11.8 Å². The third-order valence-electron chi connectivity index (χ3n) is 3.74. The van der Waals surface area contributed by atoms with E-state index in [0.29, 0.717) is 11.4 Å². The first kappa shape index (κ1) is 21.9. The van der Waals surface area contributed by atoms with Gasteiger partial charge in [-0.25, -0.2) is 8.42 Å². The summed E-state index contributed by atoms with van der Waals surface area (Å²) in [5.74, 6) is -0.908. The molecule has 0 aliphatic rings. The number of sulfonamides is 1. The Morgan fingerprint density at radius 3 is 2.41 bits per heavy atom. The molecule has 2 rings (SSSR count). The van der Waals surface area contributed by atoms with Crippen LogP contribution in [0.2, 0.25) is 0 Å². The number of esters is 1. The van der Waals surface area contributed by atoms with Crippen molar-refractivity contribution >= 4 is 27.6 Å². The number of carbonyl (C=O) groups excluding carboxylic acids is 2. The minimum Gasteiger partial charge on any atom is -0.497 e. The molecule has 2 aromatic carbocycles. The fourth-order valence-electron chi connectivity index (χ4n) is 2.24. The van der Waals surface area contributed by atoms with Gasteiger partial charge in [0.05, 0.1) is 17.6 Å². The fraction of sp³-hybridized carbons (Fsp3) is 0.211. The van der Waals surface area contributed by atoms with E-state index < -0.39 is 34.5 Å². The minimum atomic E-state index is -4.10. The highest BCUT2D eigenvalue weighted by molar-refractivity contribution is 7.89. The summed E-state index contributed by atoms with van der Waals surface area (Å²) in [7, 11) is -2.58. The van der Waals surface area contributed by atoms with Gasteiger partial charge in [-0.3, -0.25) is 9.59 Å². The molecule has 0 fully saturated rings. The Morgan fingerprint density at radius 2 is 1.79 bits per heavy atom. The highest BCUT2D eigenvalue weighted by atomic mass is 32.2. The second-order valence-corrected chi connectivity index (χ2v) is 7.52. The van der Waals surface area contributed by atoms with Crippen LogP contribution < -0.4 is 14.8 Å². The van der Waals surface area contributed by atoms with Gasteiger partial charge in [0.2, 0.25) is 10.0 Å². The number of methoxy groups -OCH3 is 1.